The molecule has 1 aliphatic heterocycles. The molecule has 1 aromatic heterocycles. The molecule has 2 atom stereocenters. The summed E-state index contributed by atoms with van der Waals surface area (Å²) in [7, 11) is 0. The Bertz CT molecular complexity index is 943. The lowest BCUT2D eigenvalue weighted by atomic mass is 9.81. The quantitative estimate of drug-likeness (QED) is 0.534. The van der Waals surface area contributed by atoms with E-state index in [1.54, 1.807) is 0 Å². The Morgan fingerprint density at radius 1 is 1.07 bits per heavy atom. The Hall–Kier alpha value is -3.56. The van der Waals surface area contributed by atoms with Crippen molar-refractivity contribution in [3.63, 3.8) is 0 Å². The number of fused-ring (bicyclic) bond motifs is 1. The number of carbonyl (C=O) groups is 3. The van der Waals surface area contributed by atoms with Gasteiger partial charge in [0.25, 0.3) is 0 Å². The second kappa shape index (κ2) is 8.44. The third-order valence-electron chi connectivity index (χ3n) is 5.31. The van der Waals surface area contributed by atoms with Crippen molar-refractivity contribution in [3.05, 3.63) is 36.2 Å². The monoisotopic (exact) mass is 410 g/mol. The molecule has 4 rings (SSSR count). The zero-order chi connectivity index (χ0) is 21.1. The van der Waals surface area contributed by atoms with Gasteiger partial charge in [0.1, 0.15) is 6.54 Å². The van der Waals surface area contributed by atoms with Gasteiger partial charge >= 0.3 is 5.97 Å². The van der Waals surface area contributed by atoms with Gasteiger partial charge in [0, 0.05) is 5.69 Å². The Kier molecular flexibility index (Phi) is 5.55. The van der Waals surface area contributed by atoms with Gasteiger partial charge in [-0.15, -0.1) is 0 Å². The van der Waals surface area contributed by atoms with E-state index in [-0.39, 0.29) is 48.0 Å². The van der Waals surface area contributed by atoms with E-state index in [1.807, 2.05) is 30.3 Å². The summed E-state index contributed by atoms with van der Waals surface area (Å²) < 4.78 is 5.18. The van der Waals surface area contributed by atoms with Gasteiger partial charge in [-0.2, -0.15) is 15.0 Å². The minimum Gasteiger partial charge on any atom is -0.456 e. The number of hydrogen-bond acceptors (Lipinski definition) is 9. The molecule has 2 aliphatic rings. The fraction of sp³-hybridized carbons (Fsp3) is 0.400. The molecular formula is C20H22N6O4. The number of para-hydroxylation sites is 1. The highest BCUT2D eigenvalue weighted by Crippen LogP contribution is 2.37. The van der Waals surface area contributed by atoms with Gasteiger partial charge in [-0.3, -0.25) is 19.3 Å². The summed E-state index contributed by atoms with van der Waals surface area (Å²) in [4.78, 5) is 50.3. The van der Waals surface area contributed by atoms with Gasteiger partial charge in [0.05, 0.1) is 11.8 Å². The van der Waals surface area contributed by atoms with Crippen LogP contribution in [0.15, 0.2) is 30.3 Å². The number of nitrogens with zero attached hydrogens (tertiary/aromatic N) is 4. The minimum atomic E-state index is -0.702. The lowest BCUT2D eigenvalue weighted by molar-refractivity contribution is -0.154. The predicted molar refractivity (Wildman–Crippen MR) is 106 cm³/mol. The number of ether oxygens (including phenoxy) is 1. The highest BCUT2D eigenvalue weighted by Gasteiger charge is 2.48. The summed E-state index contributed by atoms with van der Waals surface area (Å²) in [5, 5.41) is 2.99. The molecule has 2 fully saturated rings. The zero-order valence-corrected chi connectivity index (χ0v) is 16.3. The van der Waals surface area contributed by atoms with Crippen molar-refractivity contribution in [3.8, 4) is 0 Å². The molecule has 2 heterocycles. The third-order valence-corrected chi connectivity index (χ3v) is 5.31. The highest BCUT2D eigenvalue weighted by atomic mass is 16.5. The van der Waals surface area contributed by atoms with Gasteiger partial charge in [-0.05, 0) is 25.0 Å². The molecule has 0 bridgehead atoms. The van der Waals surface area contributed by atoms with Crippen LogP contribution in [0.1, 0.15) is 31.5 Å². The fourth-order valence-electron chi connectivity index (χ4n) is 3.92. The van der Waals surface area contributed by atoms with Gasteiger partial charge in [0.2, 0.25) is 23.7 Å². The van der Waals surface area contributed by atoms with Crippen molar-refractivity contribution in [2.24, 2.45) is 11.8 Å². The number of amides is 2. The smallest absolute Gasteiger partial charge is 0.326 e. The lowest BCUT2D eigenvalue weighted by Gasteiger charge is -2.19. The van der Waals surface area contributed by atoms with Gasteiger partial charge < -0.3 is 15.8 Å². The van der Waals surface area contributed by atoms with E-state index >= 15 is 0 Å². The fourth-order valence-corrected chi connectivity index (χ4v) is 3.92. The number of nitrogen functional groups attached to an aromatic ring is 1. The minimum absolute atomic E-state index is 0.0246. The van der Waals surface area contributed by atoms with Crippen molar-refractivity contribution in [2.45, 2.75) is 32.3 Å². The maximum absolute atomic E-state index is 12.5. The average Bonchev–Trinajstić information content (AvgIpc) is 2.98. The molecule has 0 spiro atoms. The van der Waals surface area contributed by atoms with Crippen LogP contribution in [0.3, 0.4) is 0 Å². The van der Waals surface area contributed by atoms with Crippen molar-refractivity contribution in [2.75, 3.05) is 17.6 Å². The topological polar surface area (TPSA) is 140 Å². The Morgan fingerprint density at radius 2 is 1.73 bits per heavy atom. The van der Waals surface area contributed by atoms with Crippen LogP contribution in [0.25, 0.3) is 0 Å². The molecule has 1 saturated heterocycles. The molecule has 2 amide bonds. The van der Waals surface area contributed by atoms with Crippen LogP contribution in [0.4, 0.5) is 17.6 Å². The number of hydrogen-bond donors (Lipinski definition) is 2. The number of nitrogens with one attached hydrogen (secondary N) is 1. The number of nitrogens with two attached hydrogens (primary N) is 1. The van der Waals surface area contributed by atoms with Crippen LogP contribution < -0.4 is 11.1 Å². The molecular weight excluding hydrogens is 388 g/mol. The van der Waals surface area contributed by atoms with E-state index < -0.39 is 12.5 Å². The van der Waals surface area contributed by atoms with Crippen LogP contribution in [0.2, 0.25) is 0 Å². The number of likely N-dealkylation sites (tertiary alicyclic amines) is 1. The lowest BCUT2D eigenvalue weighted by Crippen LogP contribution is -2.36. The number of carbonyl (C=O) groups excluding carboxylic acids is 3. The SMILES string of the molecule is Nc1nc(COC(=O)CN2C(=O)[C@H]3CCCC[C@@H]3C2=O)nc(Nc2ccccc2)n1. The van der Waals surface area contributed by atoms with E-state index in [4.69, 9.17) is 10.5 Å². The Labute approximate surface area is 172 Å². The predicted octanol–water partition coefficient (Wildman–Crippen LogP) is 1.42. The summed E-state index contributed by atoms with van der Waals surface area (Å²) in [5.74, 6) is -1.50. The van der Waals surface area contributed by atoms with E-state index in [2.05, 4.69) is 20.3 Å². The van der Waals surface area contributed by atoms with Crippen molar-refractivity contribution in [1.82, 2.24) is 19.9 Å². The first-order chi connectivity index (χ1) is 14.5. The first-order valence-corrected chi connectivity index (χ1v) is 9.84. The molecule has 30 heavy (non-hydrogen) atoms. The van der Waals surface area contributed by atoms with E-state index in [0.29, 0.717) is 12.8 Å². The molecule has 0 radical (unpaired) electrons. The largest absolute Gasteiger partial charge is 0.456 e. The van der Waals surface area contributed by atoms with Crippen molar-refractivity contribution >= 4 is 35.4 Å². The normalized spacial score (nSPS) is 20.7. The first-order valence-electron chi connectivity index (χ1n) is 9.84. The standard InChI is InChI=1S/C20H22N6O4/c21-19-23-15(24-20(25-19)22-12-6-2-1-3-7-12)11-30-16(27)10-26-17(28)13-8-4-5-9-14(13)18(26)29/h1-3,6-7,13-14H,4-5,8-11H2,(H3,21,22,23,24,25)/t13-,14-/m0/s1. The number of anilines is 3. The summed E-state index contributed by atoms with van der Waals surface area (Å²) in [6, 6.07) is 9.25. The van der Waals surface area contributed by atoms with Crippen molar-refractivity contribution < 1.29 is 19.1 Å². The van der Waals surface area contributed by atoms with Crippen LogP contribution in [-0.4, -0.2) is 44.2 Å². The molecule has 1 saturated carbocycles. The molecule has 10 heteroatoms. The zero-order valence-electron chi connectivity index (χ0n) is 16.3. The van der Waals surface area contributed by atoms with Crippen LogP contribution in [0, 0.1) is 11.8 Å². The van der Waals surface area contributed by atoms with Gasteiger partial charge in [-0.1, -0.05) is 31.0 Å². The Balaban J connectivity index is 1.36. The third kappa shape index (κ3) is 4.22. The first kappa shape index (κ1) is 19.7. The molecule has 3 N–H and O–H groups in total. The summed E-state index contributed by atoms with van der Waals surface area (Å²) in [6.45, 7) is -0.654. The van der Waals surface area contributed by atoms with E-state index in [9.17, 15) is 14.4 Å². The molecule has 10 nitrogen and oxygen atoms in total. The molecule has 156 valence electrons. The molecule has 2 aromatic rings. The highest BCUT2D eigenvalue weighted by molar-refractivity contribution is 6.07. The number of benzene rings is 1. The average molecular weight is 410 g/mol. The maximum Gasteiger partial charge on any atom is 0.326 e. The van der Waals surface area contributed by atoms with E-state index in [1.165, 1.54) is 0 Å². The van der Waals surface area contributed by atoms with Crippen LogP contribution in [0.5, 0.6) is 0 Å². The number of rotatable bonds is 6. The summed E-state index contributed by atoms with van der Waals surface area (Å²) in [5.41, 5.74) is 6.48. The molecule has 0 unspecified atom stereocenters. The molecule has 1 aromatic carbocycles. The van der Waals surface area contributed by atoms with Crippen LogP contribution >= 0.6 is 0 Å². The van der Waals surface area contributed by atoms with Crippen molar-refractivity contribution in [1.29, 1.82) is 0 Å². The second-order valence-corrected chi connectivity index (χ2v) is 7.35. The van der Waals surface area contributed by atoms with Gasteiger partial charge in [-0.25, -0.2) is 0 Å². The second-order valence-electron chi connectivity index (χ2n) is 7.35. The summed E-state index contributed by atoms with van der Waals surface area (Å²) in [6.07, 6.45) is 3.25. The summed E-state index contributed by atoms with van der Waals surface area (Å²) >= 11 is 0. The molecule has 1 aliphatic carbocycles. The Morgan fingerprint density at radius 3 is 2.40 bits per heavy atom. The number of imide groups is 1. The number of aromatic nitrogens is 3. The van der Waals surface area contributed by atoms with Crippen LogP contribution in [-0.2, 0) is 25.7 Å². The number of esters is 1. The maximum atomic E-state index is 12.5. The van der Waals surface area contributed by atoms with Gasteiger partial charge in [0.15, 0.2) is 12.4 Å². The van der Waals surface area contributed by atoms with E-state index in [0.717, 1.165) is 23.4 Å².